The lowest BCUT2D eigenvalue weighted by molar-refractivity contribution is -0.155. The van der Waals surface area contributed by atoms with Crippen molar-refractivity contribution in [2.75, 3.05) is 5.32 Å². The van der Waals surface area contributed by atoms with Crippen molar-refractivity contribution in [3.05, 3.63) is 52.9 Å². The molecule has 7 nitrogen and oxygen atoms in total. The van der Waals surface area contributed by atoms with Gasteiger partial charge in [-0.25, -0.2) is 15.0 Å². The molecule has 2 saturated carbocycles. The summed E-state index contributed by atoms with van der Waals surface area (Å²) in [6.07, 6.45) is 5.82. The Labute approximate surface area is 209 Å². The number of carboxylic acid groups (broad SMARTS) is 1. The van der Waals surface area contributed by atoms with Crippen LogP contribution >= 0.6 is 11.3 Å². The Hall–Kier alpha value is -2.84. The van der Waals surface area contributed by atoms with Gasteiger partial charge in [-0.3, -0.25) is 4.79 Å². The van der Waals surface area contributed by atoms with E-state index in [1.807, 2.05) is 45.9 Å². The SMILES string of the molecule is CCc1ccnc(Nc2cc(C)cc(-c3cnc(C4(O)CC5(C(=O)O)CCC4(C)C5(C)C)s3)c2)n1. The second kappa shape index (κ2) is 7.83. The fourth-order valence-corrected chi connectivity index (χ4v) is 7.54. The van der Waals surface area contributed by atoms with Gasteiger partial charge < -0.3 is 15.5 Å². The molecule has 2 aromatic heterocycles. The zero-order chi connectivity index (χ0) is 25.2. The maximum Gasteiger partial charge on any atom is 0.310 e. The number of fused-ring (bicyclic) bond motifs is 2. The van der Waals surface area contributed by atoms with Gasteiger partial charge in [-0.2, -0.15) is 0 Å². The second-order valence-electron chi connectivity index (χ2n) is 10.8. The molecule has 1 aromatic carbocycles. The third kappa shape index (κ3) is 3.26. The summed E-state index contributed by atoms with van der Waals surface area (Å²) in [6.45, 7) is 10.1. The third-order valence-corrected chi connectivity index (χ3v) is 10.3. The summed E-state index contributed by atoms with van der Waals surface area (Å²) >= 11 is 1.45. The molecule has 8 heteroatoms. The molecule has 3 unspecified atom stereocenters. The van der Waals surface area contributed by atoms with Gasteiger partial charge in [0.15, 0.2) is 0 Å². The van der Waals surface area contributed by atoms with Crippen molar-refractivity contribution < 1.29 is 15.0 Å². The molecule has 3 aromatic rings. The van der Waals surface area contributed by atoms with Crippen LogP contribution in [-0.4, -0.2) is 31.1 Å². The number of aliphatic carboxylic acids is 1. The van der Waals surface area contributed by atoms with Gasteiger partial charge in [0.25, 0.3) is 0 Å². The number of nitrogens with one attached hydrogen (secondary N) is 1. The first-order valence-electron chi connectivity index (χ1n) is 12.1. The molecule has 5 rings (SSSR count). The lowest BCUT2D eigenvalue weighted by atomic mass is 9.63. The Balaban J connectivity index is 1.49. The van der Waals surface area contributed by atoms with E-state index in [0.717, 1.165) is 33.8 Å². The summed E-state index contributed by atoms with van der Waals surface area (Å²) in [5.74, 6) is -0.265. The Morgan fingerprint density at radius 1 is 1.17 bits per heavy atom. The fraction of sp³-hybridized carbons (Fsp3) is 0.481. The maximum atomic E-state index is 12.4. The van der Waals surface area contributed by atoms with E-state index in [1.54, 1.807) is 12.4 Å². The van der Waals surface area contributed by atoms with Crippen molar-refractivity contribution in [1.82, 2.24) is 15.0 Å². The predicted octanol–water partition coefficient (Wildman–Crippen LogP) is 5.70. The van der Waals surface area contributed by atoms with Crippen LogP contribution in [0.5, 0.6) is 0 Å². The Morgan fingerprint density at radius 3 is 2.63 bits per heavy atom. The topological polar surface area (TPSA) is 108 Å². The third-order valence-electron chi connectivity index (χ3n) is 9.06. The molecule has 2 bridgehead atoms. The van der Waals surface area contributed by atoms with E-state index in [9.17, 15) is 15.0 Å². The minimum absolute atomic E-state index is 0.192. The number of hydrogen-bond donors (Lipinski definition) is 3. The molecule has 2 aliphatic carbocycles. The van der Waals surface area contributed by atoms with Gasteiger partial charge >= 0.3 is 5.97 Å². The molecule has 3 atom stereocenters. The number of thiazole rings is 1. The minimum atomic E-state index is -1.28. The zero-order valence-corrected chi connectivity index (χ0v) is 21.7. The van der Waals surface area contributed by atoms with E-state index >= 15 is 0 Å². The first kappa shape index (κ1) is 23.9. The van der Waals surface area contributed by atoms with Gasteiger partial charge in [-0.15, -0.1) is 11.3 Å². The normalized spacial score (nSPS) is 28.9. The van der Waals surface area contributed by atoms with Crippen molar-refractivity contribution in [2.24, 2.45) is 16.2 Å². The average molecular weight is 493 g/mol. The van der Waals surface area contributed by atoms with Crippen LogP contribution in [0.2, 0.25) is 0 Å². The molecule has 2 heterocycles. The molecule has 0 aliphatic heterocycles. The second-order valence-corrected chi connectivity index (χ2v) is 11.9. The molecular formula is C27H32N4O3S. The van der Waals surface area contributed by atoms with Crippen LogP contribution in [0.4, 0.5) is 11.6 Å². The molecule has 0 amide bonds. The molecule has 35 heavy (non-hydrogen) atoms. The highest BCUT2D eigenvalue weighted by molar-refractivity contribution is 7.15. The zero-order valence-electron chi connectivity index (χ0n) is 20.8. The molecule has 0 spiro atoms. The number of nitrogens with zero attached hydrogens (tertiary/aromatic N) is 3. The Morgan fingerprint density at radius 2 is 1.94 bits per heavy atom. The van der Waals surface area contributed by atoms with Crippen molar-refractivity contribution >= 4 is 28.9 Å². The monoisotopic (exact) mass is 492 g/mol. The van der Waals surface area contributed by atoms with Crippen molar-refractivity contribution in [1.29, 1.82) is 0 Å². The van der Waals surface area contributed by atoms with E-state index in [-0.39, 0.29) is 6.42 Å². The number of aliphatic hydroxyl groups is 1. The Kier molecular flexibility index (Phi) is 5.34. The van der Waals surface area contributed by atoms with Gasteiger partial charge in [-0.05, 0) is 67.3 Å². The molecule has 2 fully saturated rings. The predicted molar refractivity (Wildman–Crippen MR) is 137 cm³/mol. The standard InChI is InChI=1S/C27H32N4O3S/c1-6-18-7-10-28-23(30-18)31-19-12-16(2)11-17(13-19)20-14-29-21(35-20)27(34)15-26(22(32)33)9-8-25(27,5)24(26,3)4/h7,10-14,34H,6,8-9,15H2,1-5H3,(H,32,33)(H,28,30,31). The number of benzene rings is 1. The number of hydrogen-bond acceptors (Lipinski definition) is 7. The van der Waals surface area contributed by atoms with E-state index in [4.69, 9.17) is 0 Å². The summed E-state index contributed by atoms with van der Waals surface area (Å²) in [5, 5.41) is 26.1. The van der Waals surface area contributed by atoms with Crippen LogP contribution in [0.1, 0.15) is 63.2 Å². The first-order chi connectivity index (χ1) is 16.5. The van der Waals surface area contributed by atoms with E-state index < -0.39 is 27.8 Å². The van der Waals surface area contributed by atoms with Gasteiger partial charge in [0, 0.05) is 29.2 Å². The van der Waals surface area contributed by atoms with Crippen molar-refractivity contribution in [2.45, 2.75) is 65.9 Å². The number of aromatic nitrogens is 3. The first-order valence-corrected chi connectivity index (χ1v) is 12.9. The van der Waals surface area contributed by atoms with E-state index in [0.29, 0.717) is 23.8 Å². The highest BCUT2D eigenvalue weighted by Gasteiger charge is 2.79. The molecule has 2 aliphatic rings. The van der Waals surface area contributed by atoms with Crippen LogP contribution < -0.4 is 5.32 Å². The highest BCUT2D eigenvalue weighted by Crippen LogP contribution is 2.78. The smallest absolute Gasteiger partial charge is 0.310 e. The molecule has 3 N–H and O–H groups in total. The van der Waals surface area contributed by atoms with Gasteiger partial charge in [0.2, 0.25) is 5.95 Å². The molecule has 0 saturated heterocycles. The number of rotatable bonds is 6. The fourth-order valence-electron chi connectivity index (χ4n) is 6.42. The number of anilines is 2. The van der Waals surface area contributed by atoms with Crippen LogP contribution in [0, 0.1) is 23.2 Å². The largest absolute Gasteiger partial charge is 0.481 e. The van der Waals surface area contributed by atoms with Crippen LogP contribution in [0.3, 0.4) is 0 Å². The van der Waals surface area contributed by atoms with Crippen LogP contribution in [0.25, 0.3) is 10.4 Å². The average Bonchev–Trinajstić information content (AvgIpc) is 3.41. The van der Waals surface area contributed by atoms with Crippen LogP contribution in [-0.2, 0) is 16.8 Å². The van der Waals surface area contributed by atoms with Crippen LogP contribution in [0.15, 0.2) is 36.7 Å². The summed E-state index contributed by atoms with van der Waals surface area (Å²) < 4.78 is 0. The van der Waals surface area contributed by atoms with Crippen molar-refractivity contribution in [3.8, 4) is 10.4 Å². The lowest BCUT2D eigenvalue weighted by Crippen LogP contribution is -2.44. The maximum absolute atomic E-state index is 12.4. The number of carbonyl (C=O) groups is 1. The summed E-state index contributed by atoms with van der Waals surface area (Å²) in [7, 11) is 0. The molecule has 0 radical (unpaired) electrons. The van der Waals surface area contributed by atoms with Crippen molar-refractivity contribution in [3.63, 3.8) is 0 Å². The molecule has 184 valence electrons. The van der Waals surface area contributed by atoms with Gasteiger partial charge in [0.05, 0.1) is 10.3 Å². The quantitative estimate of drug-likeness (QED) is 0.405. The van der Waals surface area contributed by atoms with E-state index in [2.05, 4.69) is 33.3 Å². The van der Waals surface area contributed by atoms with Gasteiger partial charge in [0.1, 0.15) is 10.6 Å². The summed E-state index contributed by atoms with van der Waals surface area (Å²) in [5.41, 5.74) is 0.534. The lowest BCUT2D eigenvalue weighted by Gasteiger charge is -2.44. The van der Waals surface area contributed by atoms with Gasteiger partial charge in [-0.1, -0.05) is 33.8 Å². The minimum Gasteiger partial charge on any atom is -0.481 e. The highest BCUT2D eigenvalue weighted by atomic mass is 32.1. The summed E-state index contributed by atoms with van der Waals surface area (Å²) in [4.78, 5) is 26.9. The van der Waals surface area contributed by atoms with E-state index in [1.165, 1.54) is 11.3 Å². The molecular weight excluding hydrogens is 460 g/mol. The Bertz CT molecular complexity index is 1320. The number of aryl methyl sites for hydroxylation is 2. The summed E-state index contributed by atoms with van der Waals surface area (Å²) in [6, 6.07) is 8.06. The number of carboxylic acids is 1.